The molecule has 8 nitrogen and oxygen atoms in total. The zero-order valence-electron chi connectivity index (χ0n) is 15.8. The van der Waals surface area contributed by atoms with Gasteiger partial charge in [-0.1, -0.05) is 12.8 Å². The number of hydrogen-bond acceptors (Lipinski definition) is 6. The summed E-state index contributed by atoms with van der Waals surface area (Å²) in [7, 11) is 0. The zero-order valence-corrected chi connectivity index (χ0v) is 15.8. The lowest BCUT2D eigenvalue weighted by Gasteiger charge is -2.34. The molecule has 146 valence electrons. The summed E-state index contributed by atoms with van der Waals surface area (Å²) in [5.41, 5.74) is 0.796. The van der Waals surface area contributed by atoms with Gasteiger partial charge in [-0.3, -0.25) is 14.6 Å². The molecule has 3 heterocycles. The van der Waals surface area contributed by atoms with Gasteiger partial charge in [0.1, 0.15) is 5.69 Å². The first-order valence-electron chi connectivity index (χ1n) is 9.79. The second-order valence-corrected chi connectivity index (χ2v) is 7.21. The van der Waals surface area contributed by atoms with Gasteiger partial charge in [-0.05, 0) is 31.0 Å². The van der Waals surface area contributed by atoms with Gasteiger partial charge >= 0.3 is 0 Å². The molecule has 1 saturated carbocycles. The first-order chi connectivity index (χ1) is 13.7. The van der Waals surface area contributed by atoms with Crippen LogP contribution in [0.3, 0.4) is 0 Å². The van der Waals surface area contributed by atoms with Crippen molar-refractivity contribution in [2.24, 2.45) is 0 Å². The Kier molecular flexibility index (Phi) is 5.45. The molecule has 0 aromatic carbocycles. The van der Waals surface area contributed by atoms with Crippen molar-refractivity contribution in [3.05, 3.63) is 48.0 Å². The third-order valence-electron chi connectivity index (χ3n) is 5.33. The summed E-state index contributed by atoms with van der Waals surface area (Å²) in [5.74, 6) is 0.405. The van der Waals surface area contributed by atoms with Crippen molar-refractivity contribution in [3.63, 3.8) is 0 Å². The standard InChI is InChI=1S/C20H24N6O2/c27-18(24-16-4-1-2-5-16)17-14-15(6-9-21-17)19(28)25-10-12-26(13-11-25)20-22-7-3-8-23-20/h3,6-9,14,16H,1-2,4-5,10-13H2,(H,24,27). The summed E-state index contributed by atoms with van der Waals surface area (Å²) >= 11 is 0. The molecule has 0 atom stereocenters. The molecule has 0 radical (unpaired) electrons. The summed E-state index contributed by atoms with van der Waals surface area (Å²) in [6.45, 7) is 2.53. The van der Waals surface area contributed by atoms with Gasteiger partial charge in [0.05, 0.1) is 0 Å². The number of carbonyl (C=O) groups is 2. The lowest BCUT2D eigenvalue weighted by molar-refractivity contribution is 0.0746. The third kappa shape index (κ3) is 4.11. The number of carbonyl (C=O) groups excluding carboxylic acids is 2. The predicted octanol–water partition coefficient (Wildman–Crippen LogP) is 1.51. The predicted molar refractivity (Wildman–Crippen MR) is 104 cm³/mol. The van der Waals surface area contributed by atoms with Gasteiger partial charge in [-0.15, -0.1) is 0 Å². The van der Waals surface area contributed by atoms with Gasteiger partial charge in [-0.2, -0.15) is 0 Å². The van der Waals surface area contributed by atoms with Crippen molar-refractivity contribution < 1.29 is 9.59 Å². The Bertz CT molecular complexity index is 830. The largest absolute Gasteiger partial charge is 0.348 e. The van der Waals surface area contributed by atoms with Crippen LogP contribution in [0.1, 0.15) is 46.5 Å². The highest BCUT2D eigenvalue weighted by atomic mass is 16.2. The van der Waals surface area contributed by atoms with Crippen LogP contribution in [0.4, 0.5) is 5.95 Å². The van der Waals surface area contributed by atoms with E-state index in [-0.39, 0.29) is 17.9 Å². The summed E-state index contributed by atoms with van der Waals surface area (Å²) in [5, 5.41) is 3.02. The highest BCUT2D eigenvalue weighted by Gasteiger charge is 2.24. The molecule has 0 spiro atoms. The maximum Gasteiger partial charge on any atom is 0.270 e. The Balaban J connectivity index is 1.38. The van der Waals surface area contributed by atoms with Crippen LogP contribution in [0, 0.1) is 0 Å². The van der Waals surface area contributed by atoms with Gasteiger partial charge in [-0.25, -0.2) is 9.97 Å². The quantitative estimate of drug-likeness (QED) is 0.864. The Morgan fingerprint density at radius 2 is 1.68 bits per heavy atom. The van der Waals surface area contributed by atoms with E-state index in [1.54, 1.807) is 35.5 Å². The fourth-order valence-electron chi connectivity index (χ4n) is 3.76. The molecule has 0 bridgehead atoms. The van der Waals surface area contributed by atoms with Crippen LogP contribution in [-0.4, -0.2) is 63.9 Å². The van der Waals surface area contributed by atoms with Crippen LogP contribution in [0.25, 0.3) is 0 Å². The van der Waals surface area contributed by atoms with Crippen molar-refractivity contribution in [1.82, 2.24) is 25.2 Å². The number of amides is 2. The molecule has 28 heavy (non-hydrogen) atoms. The minimum atomic E-state index is -0.201. The zero-order chi connectivity index (χ0) is 19.3. The number of nitrogens with zero attached hydrogens (tertiary/aromatic N) is 5. The Morgan fingerprint density at radius 3 is 2.39 bits per heavy atom. The van der Waals surface area contributed by atoms with E-state index in [1.165, 1.54) is 6.20 Å². The lowest BCUT2D eigenvalue weighted by Crippen LogP contribution is -2.49. The van der Waals surface area contributed by atoms with Crippen molar-refractivity contribution >= 4 is 17.8 Å². The van der Waals surface area contributed by atoms with Gasteiger partial charge in [0, 0.05) is 56.4 Å². The number of rotatable bonds is 4. The van der Waals surface area contributed by atoms with Crippen molar-refractivity contribution in [2.75, 3.05) is 31.1 Å². The van der Waals surface area contributed by atoms with E-state index >= 15 is 0 Å². The molecular weight excluding hydrogens is 356 g/mol. The average molecular weight is 380 g/mol. The molecule has 2 amide bonds. The highest BCUT2D eigenvalue weighted by Crippen LogP contribution is 2.18. The molecule has 2 fully saturated rings. The smallest absolute Gasteiger partial charge is 0.270 e. The topological polar surface area (TPSA) is 91.3 Å². The molecule has 4 rings (SSSR count). The Labute approximate surface area is 164 Å². The van der Waals surface area contributed by atoms with Gasteiger partial charge < -0.3 is 15.1 Å². The van der Waals surface area contributed by atoms with E-state index in [0.29, 0.717) is 43.4 Å². The Hall–Kier alpha value is -3.03. The van der Waals surface area contributed by atoms with E-state index in [1.807, 2.05) is 0 Å². The normalized spacial score (nSPS) is 17.6. The average Bonchev–Trinajstić information content (AvgIpc) is 3.27. The molecule has 1 aliphatic heterocycles. The van der Waals surface area contributed by atoms with Crippen LogP contribution in [0.15, 0.2) is 36.8 Å². The van der Waals surface area contributed by atoms with Crippen LogP contribution >= 0.6 is 0 Å². The SMILES string of the molecule is O=C(NC1CCCC1)c1cc(C(=O)N2CCN(c3ncccn3)CC2)ccn1. The lowest BCUT2D eigenvalue weighted by atomic mass is 10.1. The van der Waals surface area contributed by atoms with E-state index in [9.17, 15) is 9.59 Å². The fourth-order valence-corrected chi connectivity index (χ4v) is 3.76. The summed E-state index contributed by atoms with van der Waals surface area (Å²) in [6.07, 6.45) is 9.29. The minimum absolute atomic E-state index is 0.0778. The monoisotopic (exact) mass is 380 g/mol. The van der Waals surface area contributed by atoms with E-state index < -0.39 is 0 Å². The van der Waals surface area contributed by atoms with Crippen molar-refractivity contribution in [3.8, 4) is 0 Å². The first-order valence-corrected chi connectivity index (χ1v) is 9.79. The molecule has 2 aromatic rings. The molecule has 8 heteroatoms. The van der Waals surface area contributed by atoms with Crippen LogP contribution in [0.5, 0.6) is 0 Å². The second kappa shape index (κ2) is 8.33. The van der Waals surface area contributed by atoms with Gasteiger partial charge in [0.15, 0.2) is 0 Å². The van der Waals surface area contributed by atoms with Crippen LogP contribution in [0.2, 0.25) is 0 Å². The van der Waals surface area contributed by atoms with E-state index in [0.717, 1.165) is 25.7 Å². The summed E-state index contributed by atoms with van der Waals surface area (Å²) in [6, 6.07) is 5.27. The van der Waals surface area contributed by atoms with Crippen molar-refractivity contribution in [1.29, 1.82) is 0 Å². The second-order valence-electron chi connectivity index (χ2n) is 7.21. The third-order valence-corrected chi connectivity index (χ3v) is 5.33. The molecule has 2 aliphatic rings. The number of anilines is 1. The fraction of sp³-hybridized carbons (Fsp3) is 0.450. The highest BCUT2D eigenvalue weighted by molar-refractivity contribution is 5.98. The summed E-state index contributed by atoms with van der Waals surface area (Å²) in [4.78, 5) is 41.9. The van der Waals surface area contributed by atoms with Crippen LogP contribution in [-0.2, 0) is 0 Å². The molecule has 0 unspecified atom stereocenters. The summed E-state index contributed by atoms with van der Waals surface area (Å²) < 4.78 is 0. The number of piperazine rings is 1. The molecule has 1 aliphatic carbocycles. The number of nitrogens with one attached hydrogen (secondary N) is 1. The van der Waals surface area contributed by atoms with Gasteiger partial charge in [0.25, 0.3) is 11.8 Å². The molecular formula is C20H24N6O2. The maximum absolute atomic E-state index is 12.9. The molecule has 2 aromatic heterocycles. The van der Waals surface area contributed by atoms with E-state index in [4.69, 9.17) is 0 Å². The number of aromatic nitrogens is 3. The van der Waals surface area contributed by atoms with Crippen molar-refractivity contribution in [2.45, 2.75) is 31.7 Å². The molecule has 1 N–H and O–H groups in total. The number of pyridine rings is 1. The van der Waals surface area contributed by atoms with E-state index in [2.05, 4.69) is 25.2 Å². The minimum Gasteiger partial charge on any atom is -0.348 e. The number of hydrogen-bond donors (Lipinski definition) is 1. The first kappa shape index (κ1) is 18.3. The Morgan fingerprint density at radius 1 is 0.964 bits per heavy atom. The molecule has 1 saturated heterocycles. The van der Waals surface area contributed by atoms with Crippen LogP contribution < -0.4 is 10.2 Å². The van der Waals surface area contributed by atoms with Gasteiger partial charge in [0.2, 0.25) is 5.95 Å². The maximum atomic E-state index is 12.9.